The number of carbonyl (C=O) groups is 1. The first kappa shape index (κ1) is 18.6. The van der Waals surface area contributed by atoms with Crippen molar-refractivity contribution in [2.45, 2.75) is 26.3 Å². The van der Waals surface area contributed by atoms with Crippen molar-refractivity contribution in [2.24, 2.45) is 0 Å². The third kappa shape index (κ3) is 5.71. The SMILES string of the molecule is CCCOc1ccc(CNC(=O)Cc2cccc(OC)c2)cc1OC. The van der Waals surface area contributed by atoms with Gasteiger partial charge in [-0.05, 0) is 41.8 Å². The van der Waals surface area contributed by atoms with E-state index < -0.39 is 0 Å². The monoisotopic (exact) mass is 343 g/mol. The summed E-state index contributed by atoms with van der Waals surface area (Å²) in [5, 5.41) is 2.92. The van der Waals surface area contributed by atoms with E-state index in [1.807, 2.05) is 42.5 Å². The molecule has 2 rings (SSSR count). The zero-order valence-electron chi connectivity index (χ0n) is 15.0. The molecule has 134 valence electrons. The minimum absolute atomic E-state index is 0.0430. The number of rotatable bonds is 9. The number of nitrogens with one attached hydrogen (secondary N) is 1. The van der Waals surface area contributed by atoms with E-state index in [1.165, 1.54) is 0 Å². The normalized spacial score (nSPS) is 10.2. The fraction of sp³-hybridized carbons (Fsp3) is 0.350. The van der Waals surface area contributed by atoms with E-state index in [0.29, 0.717) is 25.3 Å². The summed E-state index contributed by atoms with van der Waals surface area (Å²) in [6.07, 6.45) is 1.25. The number of ether oxygens (including phenoxy) is 3. The lowest BCUT2D eigenvalue weighted by atomic mass is 10.1. The first-order valence-electron chi connectivity index (χ1n) is 8.35. The van der Waals surface area contributed by atoms with E-state index >= 15 is 0 Å². The van der Waals surface area contributed by atoms with Crippen molar-refractivity contribution in [2.75, 3.05) is 20.8 Å². The molecule has 2 aromatic rings. The predicted octanol–water partition coefficient (Wildman–Crippen LogP) is 3.35. The zero-order valence-corrected chi connectivity index (χ0v) is 15.0. The summed E-state index contributed by atoms with van der Waals surface area (Å²) in [6.45, 7) is 3.14. The second kappa shape index (κ2) is 9.57. The van der Waals surface area contributed by atoms with E-state index in [1.54, 1.807) is 14.2 Å². The van der Waals surface area contributed by atoms with E-state index in [9.17, 15) is 4.79 Å². The lowest BCUT2D eigenvalue weighted by Crippen LogP contribution is -2.24. The molecule has 0 aliphatic carbocycles. The van der Waals surface area contributed by atoms with Gasteiger partial charge in [-0.2, -0.15) is 0 Å². The molecule has 0 spiro atoms. The Balaban J connectivity index is 1.92. The summed E-state index contributed by atoms with van der Waals surface area (Å²) in [7, 11) is 3.22. The summed E-state index contributed by atoms with van der Waals surface area (Å²) in [4.78, 5) is 12.1. The Morgan fingerprint density at radius 2 is 1.84 bits per heavy atom. The molecule has 0 fully saturated rings. The molecular weight excluding hydrogens is 318 g/mol. The van der Waals surface area contributed by atoms with Crippen molar-refractivity contribution in [3.8, 4) is 17.2 Å². The molecule has 0 saturated carbocycles. The van der Waals surface area contributed by atoms with Crippen LogP contribution in [-0.2, 0) is 17.8 Å². The largest absolute Gasteiger partial charge is 0.497 e. The van der Waals surface area contributed by atoms with Gasteiger partial charge in [0.25, 0.3) is 0 Å². The Morgan fingerprint density at radius 1 is 1.00 bits per heavy atom. The van der Waals surface area contributed by atoms with Crippen LogP contribution in [0.25, 0.3) is 0 Å². The zero-order chi connectivity index (χ0) is 18.1. The van der Waals surface area contributed by atoms with Crippen LogP contribution in [0, 0.1) is 0 Å². The molecule has 5 nitrogen and oxygen atoms in total. The van der Waals surface area contributed by atoms with Gasteiger partial charge in [0.1, 0.15) is 5.75 Å². The fourth-order valence-corrected chi connectivity index (χ4v) is 2.38. The third-order valence-corrected chi connectivity index (χ3v) is 3.68. The quantitative estimate of drug-likeness (QED) is 0.759. The van der Waals surface area contributed by atoms with Gasteiger partial charge in [0.2, 0.25) is 5.91 Å². The summed E-state index contributed by atoms with van der Waals surface area (Å²) < 4.78 is 16.2. The lowest BCUT2D eigenvalue weighted by molar-refractivity contribution is -0.120. The van der Waals surface area contributed by atoms with Crippen molar-refractivity contribution in [1.29, 1.82) is 0 Å². The Hall–Kier alpha value is -2.69. The summed E-state index contributed by atoms with van der Waals surface area (Å²) in [5.74, 6) is 2.10. The molecule has 0 aliphatic rings. The Labute approximate surface area is 148 Å². The highest BCUT2D eigenvalue weighted by atomic mass is 16.5. The van der Waals surface area contributed by atoms with Gasteiger partial charge >= 0.3 is 0 Å². The molecule has 25 heavy (non-hydrogen) atoms. The molecule has 1 N–H and O–H groups in total. The van der Waals surface area contributed by atoms with E-state index in [2.05, 4.69) is 12.2 Å². The second-order valence-corrected chi connectivity index (χ2v) is 5.64. The summed E-state index contributed by atoms with van der Waals surface area (Å²) in [6, 6.07) is 13.2. The first-order valence-corrected chi connectivity index (χ1v) is 8.35. The van der Waals surface area contributed by atoms with Gasteiger partial charge in [0.05, 0.1) is 27.2 Å². The molecule has 0 aliphatic heterocycles. The van der Waals surface area contributed by atoms with Crippen LogP contribution in [0.4, 0.5) is 0 Å². The number of benzene rings is 2. The van der Waals surface area contributed by atoms with E-state index in [0.717, 1.165) is 29.0 Å². The van der Waals surface area contributed by atoms with Crippen LogP contribution in [0.3, 0.4) is 0 Å². The van der Waals surface area contributed by atoms with E-state index in [4.69, 9.17) is 14.2 Å². The van der Waals surface area contributed by atoms with Crippen LogP contribution in [-0.4, -0.2) is 26.7 Å². The maximum absolute atomic E-state index is 12.1. The standard InChI is InChI=1S/C20H25NO4/c1-4-10-25-18-9-8-16(12-19(18)24-3)14-21-20(22)13-15-6-5-7-17(11-15)23-2/h5-9,11-12H,4,10,13-14H2,1-3H3,(H,21,22). The molecule has 0 aromatic heterocycles. The Morgan fingerprint density at radius 3 is 2.56 bits per heavy atom. The molecule has 0 radical (unpaired) electrons. The second-order valence-electron chi connectivity index (χ2n) is 5.64. The van der Waals surface area contributed by atoms with Gasteiger partial charge in [-0.25, -0.2) is 0 Å². The maximum atomic E-state index is 12.1. The molecule has 0 unspecified atom stereocenters. The average Bonchev–Trinajstić information content (AvgIpc) is 2.65. The summed E-state index contributed by atoms with van der Waals surface area (Å²) >= 11 is 0. The average molecular weight is 343 g/mol. The number of carbonyl (C=O) groups excluding carboxylic acids is 1. The molecule has 0 saturated heterocycles. The van der Waals surface area contributed by atoms with Crippen LogP contribution < -0.4 is 19.5 Å². The van der Waals surface area contributed by atoms with Crippen LogP contribution >= 0.6 is 0 Å². The van der Waals surface area contributed by atoms with Gasteiger partial charge in [-0.1, -0.05) is 25.1 Å². The van der Waals surface area contributed by atoms with Gasteiger partial charge < -0.3 is 19.5 Å². The number of hydrogen-bond donors (Lipinski definition) is 1. The van der Waals surface area contributed by atoms with Crippen molar-refractivity contribution < 1.29 is 19.0 Å². The number of hydrogen-bond acceptors (Lipinski definition) is 4. The highest BCUT2D eigenvalue weighted by Crippen LogP contribution is 2.28. The minimum Gasteiger partial charge on any atom is -0.497 e. The van der Waals surface area contributed by atoms with Crippen LogP contribution in [0.2, 0.25) is 0 Å². The Bertz CT molecular complexity index is 700. The molecule has 0 heterocycles. The topological polar surface area (TPSA) is 56.8 Å². The predicted molar refractivity (Wildman–Crippen MR) is 97.3 cm³/mol. The molecule has 5 heteroatoms. The van der Waals surface area contributed by atoms with Gasteiger partial charge in [-0.3, -0.25) is 4.79 Å². The molecule has 1 amide bonds. The number of methoxy groups -OCH3 is 2. The van der Waals surface area contributed by atoms with Crippen LogP contribution in [0.15, 0.2) is 42.5 Å². The molecule has 0 atom stereocenters. The van der Waals surface area contributed by atoms with Gasteiger partial charge in [0.15, 0.2) is 11.5 Å². The maximum Gasteiger partial charge on any atom is 0.224 e. The lowest BCUT2D eigenvalue weighted by Gasteiger charge is -2.12. The smallest absolute Gasteiger partial charge is 0.224 e. The van der Waals surface area contributed by atoms with Crippen molar-refractivity contribution >= 4 is 5.91 Å². The molecular formula is C20H25NO4. The highest BCUT2D eigenvalue weighted by Gasteiger charge is 2.08. The van der Waals surface area contributed by atoms with Crippen LogP contribution in [0.5, 0.6) is 17.2 Å². The molecule has 0 bridgehead atoms. The van der Waals surface area contributed by atoms with Gasteiger partial charge in [-0.15, -0.1) is 0 Å². The summed E-state index contributed by atoms with van der Waals surface area (Å²) in [5.41, 5.74) is 1.87. The number of amides is 1. The van der Waals surface area contributed by atoms with Crippen molar-refractivity contribution in [3.05, 3.63) is 53.6 Å². The first-order chi connectivity index (χ1) is 12.2. The minimum atomic E-state index is -0.0430. The van der Waals surface area contributed by atoms with Gasteiger partial charge in [0, 0.05) is 6.54 Å². The highest BCUT2D eigenvalue weighted by molar-refractivity contribution is 5.78. The Kier molecular flexibility index (Phi) is 7.14. The fourth-order valence-electron chi connectivity index (χ4n) is 2.38. The van der Waals surface area contributed by atoms with E-state index in [-0.39, 0.29) is 5.91 Å². The molecule has 2 aromatic carbocycles. The third-order valence-electron chi connectivity index (χ3n) is 3.68. The van der Waals surface area contributed by atoms with Crippen LogP contribution in [0.1, 0.15) is 24.5 Å². The van der Waals surface area contributed by atoms with Crippen molar-refractivity contribution in [3.63, 3.8) is 0 Å². The van der Waals surface area contributed by atoms with Crippen molar-refractivity contribution in [1.82, 2.24) is 5.32 Å².